The van der Waals surface area contributed by atoms with E-state index >= 15 is 0 Å². The fourth-order valence-electron chi connectivity index (χ4n) is 2.33. The molecule has 1 aliphatic rings. The number of aromatic amines is 1. The highest BCUT2D eigenvalue weighted by Gasteiger charge is 2.37. The molecule has 1 unspecified atom stereocenters. The van der Waals surface area contributed by atoms with Crippen molar-refractivity contribution in [2.45, 2.75) is 57.3 Å². The van der Waals surface area contributed by atoms with Gasteiger partial charge in [-0.15, -0.1) is 0 Å². The number of hydrogen-bond donors (Lipinski definition) is 2. The number of hydrogen-bond acceptors (Lipinski definition) is 7. The highest BCUT2D eigenvalue weighted by molar-refractivity contribution is 8.77. The monoisotopic (exact) mass is 376 g/mol. The van der Waals surface area contributed by atoms with Crippen molar-refractivity contribution in [1.82, 2.24) is 9.55 Å². The summed E-state index contributed by atoms with van der Waals surface area (Å²) in [6, 6.07) is 0. The van der Waals surface area contributed by atoms with Crippen LogP contribution < -0.4 is 11.2 Å². The molecule has 0 spiro atoms. The van der Waals surface area contributed by atoms with Gasteiger partial charge < -0.3 is 14.6 Å². The van der Waals surface area contributed by atoms with Crippen LogP contribution in [0.1, 0.15) is 39.0 Å². The van der Waals surface area contributed by atoms with Crippen LogP contribution in [0.3, 0.4) is 0 Å². The number of H-pyrrole nitrogens is 1. The van der Waals surface area contributed by atoms with Gasteiger partial charge in [0, 0.05) is 22.9 Å². The number of rotatable bonds is 6. The molecule has 3 atom stereocenters. The molecule has 7 nitrogen and oxygen atoms in total. The zero-order valence-corrected chi connectivity index (χ0v) is 15.9. The van der Waals surface area contributed by atoms with E-state index in [1.165, 1.54) is 10.8 Å². The highest BCUT2D eigenvalue weighted by Crippen LogP contribution is 2.36. The van der Waals surface area contributed by atoms with E-state index in [0.29, 0.717) is 17.9 Å². The lowest BCUT2D eigenvalue weighted by Crippen LogP contribution is -2.33. The third kappa shape index (κ3) is 5.13. The standard InChI is InChI=1S/C15H24N2O5S2/c1-9-6-17(14(20)16-13(9)19)12-5-10(11(7-18)22-12)21-8-23-24-15(2,3)4/h6,10-12,18H,5,7-8H2,1-4H3,(H,16,19,20)/t10?,11-,12-/m1/s1. The summed E-state index contributed by atoms with van der Waals surface area (Å²) in [6.45, 7) is 7.82. The van der Waals surface area contributed by atoms with Gasteiger partial charge in [0.1, 0.15) is 18.3 Å². The van der Waals surface area contributed by atoms with Crippen molar-refractivity contribution in [2.24, 2.45) is 0 Å². The summed E-state index contributed by atoms with van der Waals surface area (Å²) in [5.41, 5.74) is -0.498. The summed E-state index contributed by atoms with van der Waals surface area (Å²) in [7, 11) is 3.33. The smallest absolute Gasteiger partial charge is 0.330 e. The molecule has 0 amide bonds. The molecule has 136 valence electrons. The molecular formula is C15H24N2O5S2. The Bertz CT molecular complexity index is 667. The van der Waals surface area contributed by atoms with Gasteiger partial charge in [0.2, 0.25) is 0 Å². The van der Waals surface area contributed by atoms with E-state index in [1.54, 1.807) is 28.5 Å². The van der Waals surface area contributed by atoms with Crippen LogP contribution >= 0.6 is 21.6 Å². The molecule has 2 rings (SSSR count). The second kappa shape index (κ2) is 8.09. The van der Waals surface area contributed by atoms with E-state index in [2.05, 4.69) is 25.8 Å². The van der Waals surface area contributed by atoms with Crippen molar-refractivity contribution in [2.75, 3.05) is 12.5 Å². The molecule has 0 saturated carbocycles. The van der Waals surface area contributed by atoms with E-state index in [-0.39, 0.29) is 17.5 Å². The molecular weight excluding hydrogens is 352 g/mol. The molecule has 1 aliphatic heterocycles. The van der Waals surface area contributed by atoms with Gasteiger partial charge in [-0.3, -0.25) is 14.3 Å². The van der Waals surface area contributed by atoms with E-state index in [1.807, 2.05) is 0 Å². The maximum atomic E-state index is 12.0. The number of aryl methyl sites for hydroxylation is 1. The summed E-state index contributed by atoms with van der Waals surface area (Å²) >= 11 is 0. The Balaban J connectivity index is 2.00. The lowest BCUT2D eigenvalue weighted by molar-refractivity contribution is -0.0554. The van der Waals surface area contributed by atoms with Gasteiger partial charge in [-0.05, 0) is 6.92 Å². The predicted octanol–water partition coefficient (Wildman–Crippen LogP) is 1.65. The molecule has 24 heavy (non-hydrogen) atoms. The van der Waals surface area contributed by atoms with Gasteiger partial charge >= 0.3 is 5.69 Å². The van der Waals surface area contributed by atoms with Crippen molar-refractivity contribution >= 4 is 21.6 Å². The van der Waals surface area contributed by atoms with Gasteiger partial charge in [0.15, 0.2) is 0 Å². The molecule has 0 aromatic carbocycles. The molecule has 1 aromatic rings. The zero-order valence-electron chi connectivity index (χ0n) is 14.3. The maximum Gasteiger partial charge on any atom is 0.330 e. The average molecular weight is 377 g/mol. The lowest BCUT2D eigenvalue weighted by Gasteiger charge is -2.19. The van der Waals surface area contributed by atoms with E-state index in [0.717, 1.165) is 0 Å². The normalized spacial score (nSPS) is 24.5. The van der Waals surface area contributed by atoms with Crippen LogP contribution in [0.2, 0.25) is 0 Å². The third-order valence-electron chi connectivity index (χ3n) is 3.46. The lowest BCUT2D eigenvalue weighted by atomic mass is 10.2. The summed E-state index contributed by atoms with van der Waals surface area (Å²) in [6.07, 6.45) is 0.571. The molecule has 2 N–H and O–H groups in total. The SMILES string of the molecule is Cc1cn([C@H]2CC(OCSSC(C)(C)C)[C@@H](CO)O2)c(=O)[nH]c1=O. The minimum absolute atomic E-state index is 0.139. The number of aliphatic hydroxyl groups excluding tert-OH is 1. The Morgan fingerprint density at radius 2 is 2.17 bits per heavy atom. The quantitative estimate of drug-likeness (QED) is 0.443. The van der Waals surface area contributed by atoms with Crippen molar-refractivity contribution in [3.8, 4) is 0 Å². The van der Waals surface area contributed by atoms with Gasteiger partial charge in [0.25, 0.3) is 5.56 Å². The van der Waals surface area contributed by atoms with Crippen LogP contribution in [0.15, 0.2) is 15.8 Å². The summed E-state index contributed by atoms with van der Waals surface area (Å²) in [5.74, 6) is 0.471. The van der Waals surface area contributed by atoms with Gasteiger partial charge in [-0.25, -0.2) is 4.79 Å². The van der Waals surface area contributed by atoms with E-state index < -0.39 is 23.6 Å². The largest absolute Gasteiger partial charge is 0.394 e. The van der Waals surface area contributed by atoms with Crippen LogP contribution in [0.4, 0.5) is 0 Å². The number of nitrogens with zero attached hydrogens (tertiary/aromatic N) is 1. The van der Waals surface area contributed by atoms with Gasteiger partial charge in [-0.2, -0.15) is 0 Å². The second-order valence-corrected chi connectivity index (χ2v) is 9.73. The fraction of sp³-hybridized carbons (Fsp3) is 0.733. The van der Waals surface area contributed by atoms with Crippen LogP contribution in [0.5, 0.6) is 0 Å². The molecule has 9 heteroatoms. The van der Waals surface area contributed by atoms with Gasteiger partial charge in [0.05, 0.1) is 12.7 Å². The minimum atomic E-state index is -0.560. The van der Waals surface area contributed by atoms with Crippen molar-refractivity contribution in [3.05, 3.63) is 32.6 Å². The first-order valence-electron chi connectivity index (χ1n) is 7.72. The first-order chi connectivity index (χ1) is 11.2. The Kier molecular flexibility index (Phi) is 6.60. The molecule has 1 saturated heterocycles. The summed E-state index contributed by atoms with van der Waals surface area (Å²) in [5, 5.41) is 9.49. The maximum absolute atomic E-state index is 12.0. The second-order valence-electron chi connectivity index (χ2n) is 6.66. The fourth-order valence-corrected chi connectivity index (χ4v) is 4.33. The van der Waals surface area contributed by atoms with Crippen molar-refractivity contribution in [3.63, 3.8) is 0 Å². The molecule has 2 heterocycles. The number of aliphatic hydroxyl groups is 1. The first-order valence-corrected chi connectivity index (χ1v) is 10.0. The highest BCUT2D eigenvalue weighted by atomic mass is 33.1. The van der Waals surface area contributed by atoms with Crippen LogP contribution in [-0.2, 0) is 9.47 Å². The summed E-state index contributed by atoms with van der Waals surface area (Å²) < 4.78 is 13.0. The average Bonchev–Trinajstić information content (AvgIpc) is 2.89. The first kappa shape index (κ1) is 19.6. The molecule has 1 aromatic heterocycles. The third-order valence-corrected chi connectivity index (χ3v) is 6.45. The van der Waals surface area contributed by atoms with Crippen LogP contribution in [-0.4, -0.2) is 44.2 Å². The van der Waals surface area contributed by atoms with Crippen molar-refractivity contribution in [1.29, 1.82) is 0 Å². The molecule has 0 bridgehead atoms. The Morgan fingerprint density at radius 1 is 1.46 bits per heavy atom. The Labute approximate surface area is 148 Å². The molecule has 1 fully saturated rings. The molecule has 0 aliphatic carbocycles. The zero-order chi connectivity index (χ0) is 17.9. The van der Waals surface area contributed by atoms with Gasteiger partial charge in [-0.1, -0.05) is 42.4 Å². The summed E-state index contributed by atoms with van der Waals surface area (Å²) in [4.78, 5) is 25.7. The number of nitrogens with one attached hydrogen (secondary N) is 1. The van der Waals surface area contributed by atoms with Crippen LogP contribution in [0, 0.1) is 6.92 Å². The topological polar surface area (TPSA) is 93.6 Å². The number of ether oxygens (including phenoxy) is 2. The minimum Gasteiger partial charge on any atom is -0.394 e. The molecule has 0 radical (unpaired) electrons. The van der Waals surface area contributed by atoms with E-state index in [4.69, 9.17) is 9.47 Å². The Hall–Kier alpha value is -0.740. The Morgan fingerprint density at radius 3 is 2.79 bits per heavy atom. The van der Waals surface area contributed by atoms with Crippen molar-refractivity contribution < 1.29 is 14.6 Å². The van der Waals surface area contributed by atoms with Crippen LogP contribution in [0.25, 0.3) is 0 Å². The predicted molar refractivity (Wildman–Crippen MR) is 96.3 cm³/mol. The van der Waals surface area contributed by atoms with E-state index in [9.17, 15) is 14.7 Å². The number of aromatic nitrogens is 2.